The number of hydrogen-bond acceptors (Lipinski definition) is 2. The molecule has 3 rings (SSSR count). The van der Waals surface area contributed by atoms with E-state index in [0.29, 0.717) is 12.0 Å². The lowest BCUT2D eigenvalue weighted by Gasteiger charge is -2.17. The van der Waals surface area contributed by atoms with Crippen LogP contribution in [0.2, 0.25) is 0 Å². The van der Waals surface area contributed by atoms with Crippen molar-refractivity contribution in [1.82, 2.24) is 4.57 Å². The maximum Gasteiger partial charge on any atom is 0.303 e. The third kappa shape index (κ3) is 3.98. The Hall–Kier alpha value is -3.34. The van der Waals surface area contributed by atoms with Crippen molar-refractivity contribution in [2.75, 3.05) is 0 Å². The maximum absolute atomic E-state index is 11.5. The molecule has 0 aliphatic heterocycles. The minimum absolute atomic E-state index is 0.0522. The van der Waals surface area contributed by atoms with Crippen LogP contribution in [0.1, 0.15) is 40.5 Å². The number of aryl methyl sites for hydroxylation is 3. The molecule has 5 nitrogen and oxygen atoms in total. The average molecular weight is 376 g/mol. The number of carboxylic acid groups (broad SMARTS) is 1. The molecule has 1 amide bonds. The summed E-state index contributed by atoms with van der Waals surface area (Å²) >= 11 is 0. The van der Waals surface area contributed by atoms with Gasteiger partial charge in [0.15, 0.2) is 0 Å². The Balaban J connectivity index is 2.14. The molecule has 0 bridgehead atoms. The van der Waals surface area contributed by atoms with Crippen molar-refractivity contribution in [3.63, 3.8) is 0 Å². The van der Waals surface area contributed by atoms with Gasteiger partial charge in [0.1, 0.15) is 0 Å². The summed E-state index contributed by atoms with van der Waals surface area (Å²) in [6, 6.07) is 17.7. The van der Waals surface area contributed by atoms with Gasteiger partial charge in [-0.3, -0.25) is 9.59 Å². The normalized spacial score (nSPS) is 10.8. The predicted octanol–water partition coefficient (Wildman–Crippen LogP) is 4.13. The molecule has 0 unspecified atom stereocenters. The number of aliphatic carboxylic acids is 1. The second kappa shape index (κ2) is 8.13. The summed E-state index contributed by atoms with van der Waals surface area (Å²) in [6.07, 6.45) is 1.44. The van der Waals surface area contributed by atoms with Gasteiger partial charge in [-0.1, -0.05) is 31.2 Å². The van der Waals surface area contributed by atoms with Crippen molar-refractivity contribution in [3.8, 4) is 16.9 Å². The van der Waals surface area contributed by atoms with E-state index in [1.54, 1.807) is 12.1 Å². The molecule has 0 saturated carbocycles. The van der Waals surface area contributed by atoms with Gasteiger partial charge in [0.05, 0.1) is 12.1 Å². The van der Waals surface area contributed by atoms with Crippen molar-refractivity contribution in [2.45, 2.75) is 33.1 Å². The van der Waals surface area contributed by atoms with Crippen LogP contribution in [-0.4, -0.2) is 21.6 Å². The molecule has 0 aliphatic rings. The SMILES string of the molecule is CCc1ccc(-c2ccc(CCC(=O)O)n2-c2ccc(C(N)=O)cc2C)cc1. The molecule has 144 valence electrons. The van der Waals surface area contributed by atoms with Crippen LogP contribution in [0.25, 0.3) is 16.9 Å². The van der Waals surface area contributed by atoms with E-state index in [2.05, 4.69) is 35.8 Å². The number of hydrogen-bond donors (Lipinski definition) is 2. The number of carbonyl (C=O) groups excluding carboxylic acids is 1. The molecule has 0 radical (unpaired) electrons. The maximum atomic E-state index is 11.5. The molecule has 28 heavy (non-hydrogen) atoms. The summed E-state index contributed by atoms with van der Waals surface area (Å²) in [5, 5.41) is 9.11. The van der Waals surface area contributed by atoms with Gasteiger partial charge >= 0.3 is 5.97 Å². The van der Waals surface area contributed by atoms with E-state index >= 15 is 0 Å². The molecule has 0 spiro atoms. The minimum Gasteiger partial charge on any atom is -0.481 e. The summed E-state index contributed by atoms with van der Waals surface area (Å²) in [4.78, 5) is 22.6. The first-order valence-corrected chi connectivity index (χ1v) is 9.33. The van der Waals surface area contributed by atoms with Gasteiger partial charge in [-0.05, 0) is 66.8 Å². The van der Waals surface area contributed by atoms with Crippen molar-refractivity contribution >= 4 is 11.9 Å². The van der Waals surface area contributed by atoms with Crippen LogP contribution in [-0.2, 0) is 17.6 Å². The van der Waals surface area contributed by atoms with E-state index in [0.717, 1.165) is 34.6 Å². The summed E-state index contributed by atoms with van der Waals surface area (Å²) in [6.45, 7) is 4.04. The third-order valence-corrected chi connectivity index (χ3v) is 4.94. The fraction of sp³-hybridized carbons (Fsp3) is 0.217. The Labute approximate surface area is 164 Å². The zero-order valence-electron chi connectivity index (χ0n) is 16.1. The van der Waals surface area contributed by atoms with Gasteiger partial charge in [0, 0.05) is 16.9 Å². The van der Waals surface area contributed by atoms with Gasteiger partial charge in [0.2, 0.25) is 5.91 Å². The van der Waals surface area contributed by atoms with E-state index in [1.807, 2.05) is 25.1 Å². The van der Waals surface area contributed by atoms with Crippen molar-refractivity contribution in [3.05, 3.63) is 77.0 Å². The van der Waals surface area contributed by atoms with Crippen LogP contribution in [0.15, 0.2) is 54.6 Å². The summed E-state index contributed by atoms with van der Waals surface area (Å²) < 4.78 is 2.07. The van der Waals surface area contributed by atoms with Crippen molar-refractivity contribution in [2.24, 2.45) is 5.73 Å². The van der Waals surface area contributed by atoms with Crippen molar-refractivity contribution in [1.29, 1.82) is 0 Å². The van der Waals surface area contributed by atoms with E-state index in [4.69, 9.17) is 10.8 Å². The highest BCUT2D eigenvalue weighted by atomic mass is 16.4. The monoisotopic (exact) mass is 376 g/mol. The second-order valence-electron chi connectivity index (χ2n) is 6.86. The Morgan fingerprint density at radius 3 is 2.32 bits per heavy atom. The van der Waals surface area contributed by atoms with E-state index < -0.39 is 11.9 Å². The Bertz CT molecular complexity index is 1020. The number of amides is 1. The van der Waals surface area contributed by atoms with Crippen LogP contribution in [0.5, 0.6) is 0 Å². The minimum atomic E-state index is -0.831. The average Bonchev–Trinajstić information content (AvgIpc) is 3.10. The Morgan fingerprint density at radius 1 is 1.04 bits per heavy atom. The highest BCUT2D eigenvalue weighted by Gasteiger charge is 2.15. The molecule has 5 heteroatoms. The number of rotatable bonds is 7. The molecular formula is C23H24N2O3. The zero-order chi connectivity index (χ0) is 20.3. The lowest BCUT2D eigenvalue weighted by atomic mass is 10.1. The highest BCUT2D eigenvalue weighted by Crippen LogP contribution is 2.30. The van der Waals surface area contributed by atoms with Crippen LogP contribution in [0.4, 0.5) is 0 Å². The lowest BCUT2D eigenvalue weighted by molar-refractivity contribution is -0.136. The Morgan fingerprint density at radius 2 is 1.75 bits per heavy atom. The number of benzene rings is 2. The second-order valence-corrected chi connectivity index (χ2v) is 6.86. The van der Waals surface area contributed by atoms with E-state index in [-0.39, 0.29) is 6.42 Å². The molecule has 0 aliphatic carbocycles. The van der Waals surface area contributed by atoms with E-state index in [1.165, 1.54) is 5.56 Å². The number of carboxylic acids is 1. The molecule has 0 fully saturated rings. The smallest absolute Gasteiger partial charge is 0.303 e. The van der Waals surface area contributed by atoms with E-state index in [9.17, 15) is 9.59 Å². The standard InChI is InChI=1S/C23H24N2O3/c1-3-16-4-6-17(7-5-16)21-12-9-19(10-13-22(26)27)25(21)20-11-8-18(23(24)28)14-15(20)2/h4-9,11-12,14H,3,10,13H2,1-2H3,(H2,24,28)(H,26,27). The largest absolute Gasteiger partial charge is 0.481 e. The van der Waals surface area contributed by atoms with Gasteiger partial charge in [-0.25, -0.2) is 0 Å². The van der Waals surface area contributed by atoms with Crippen LogP contribution >= 0.6 is 0 Å². The number of nitrogens with two attached hydrogens (primary N) is 1. The fourth-order valence-corrected chi connectivity index (χ4v) is 3.39. The summed E-state index contributed by atoms with van der Waals surface area (Å²) in [5.41, 5.74) is 11.9. The van der Waals surface area contributed by atoms with Gasteiger partial charge in [-0.15, -0.1) is 0 Å². The fourth-order valence-electron chi connectivity index (χ4n) is 3.39. The third-order valence-electron chi connectivity index (χ3n) is 4.94. The zero-order valence-corrected chi connectivity index (χ0v) is 16.1. The predicted molar refractivity (Wildman–Crippen MR) is 110 cm³/mol. The summed E-state index contributed by atoms with van der Waals surface area (Å²) in [5.74, 6) is -1.30. The molecule has 0 saturated heterocycles. The number of primary amides is 1. The van der Waals surface area contributed by atoms with Crippen LogP contribution in [0, 0.1) is 6.92 Å². The quantitative estimate of drug-likeness (QED) is 0.650. The number of nitrogens with zero attached hydrogens (tertiary/aromatic N) is 1. The van der Waals surface area contributed by atoms with Crippen LogP contribution in [0.3, 0.4) is 0 Å². The molecule has 3 N–H and O–H groups in total. The first kappa shape index (κ1) is 19.4. The van der Waals surface area contributed by atoms with Gasteiger partial charge in [-0.2, -0.15) is 0 Å². The lowest BCUT2D eigenvalue weighted by Crippen LogP contribution is -2.12. The highest BCUT2D eigenvalue weighted by molar-refractivity contribution is 5.93. The molecular weight excluding hydrogens is 352 g/mol. The molecule has 1 heterocycles. The van der Waals surface area contributed by atoms with Crippen molar-refractivity contribution < 1.29 is 14.7 Å². The Kier molecular flexibility index (Phi) is 5.64. The number of aromatic nitrogens is 1. The molecule has 2 aromatic carbocycles. The number of carbonyl (C=O) groups is 2. The molecule has 0 atom stereocenters. The van der Waals surface area contributed by atoms with Gasteiger partial charge in [0.25, 0.3) is 0 Å². The summed E-state index contributed by atoms with van der Waals surface area (Å²) in [7, 11) is 0. The topological polar surface area (TPSA) is 85.3 Å². The molecule has 1 aromatic heterocycles. The first-order valence-electron chi connectivity index (χ1n) is 9.33. The van der Waals surface area contributed by atoms with Gasteiger partial charge < -0.3 is 15.4 Å². The molecule has 3 aromatic rings. The van der Waals surface area contributed by atoms with Crippen LogP contribution < -0.4 is 5.73 Å². The first-order chi connectivity index (χ1) is 13.4.